The van der Waals surface area contributed by atoms with Gasteiger partial charge in [0.25, 0.3) is 5.91 Å². The lowest BCUT2D eigenvalue weighted by Crippen LogP contribution is -2.51. The Hall–Kier alpha value is -2.99. The molecule has 1 saturated heterocycles. The van der Waals surface area contributed by atoms with Crippen LogP contribution in [0.4, 0.5) is 5.82 Å². The molecule has 1 amide bonds. The number of rotatable bonds is 4. The Labute approximate surface area is 164 Å². The van der Waals surface area contributed by atoms with E-state index in [0.29, 0.717) is 38.4 Å². The van der Waals surface area contributed by atoms with Crippen molar-refractivity contribution >= 4 is 22.6 Å². The monoisotopic (exact) mass is 376 g/mol. The fourth-order valence-corrected chi connectivity index (χ4v) is 3.54. The van der Waals surface area contributed by atoms with Gasteiger partial charge in [0.1, 0.15) is 11.9 Å². The number of aliphatic hydroxyl groups is 1. The van der Waals surface area contributed by atoms with Crippen LogP contribution in [0.2, 0.25) is 0 Å². The number of aliphatic hydroxyl groups excluding tert-OH is 1. The van der Waals surface area contributed by atoms with Crippen LogP contribution in [0, 0.1) is 0 Å². The van der Waals surface area contributed by atoms with Crippen LogP contribution in [0.25, 0.3) is 22.3 Å². The van der Waals surface area contributed by atoms with Crippen LogP contribution < -0.4 is 4.90 Å². The van der Waals surface area contributed by atoms with E-state index in [1.54, 1.807) is 4.90 Å². The van der Waals surface area contributed by atoms with Crippen molar-refractivity contribution < 1.29 is 9.90 Å². The number of hydrogen-bond acceptors (Lipinski definition) is 5. The number of nitrogens with zero attached hydrogens (tertiary/aromatic N) is 4. The van der Waals surface area contributed by atoms with Crippen molar-refractivity contribution in [3.8, 4) is 11.4 Å². The minimum absolute atomic E-state index is 0.181. The van der Waals surface area contributed by atoms with Crippen LogP contribution in [0.5, 0.6) is 0 Å². The maximum absolute atomic E-state index is 12.3. The van der Waals surface area contributed by atoms with Gasteiger partial charge in [-0.05, 0) is 18.6 Å². The van der Waals surface area contributed by atoms with Crippen molar-refractivity contribution in [3.63, 3.8) is 0 Å². The number of amides is 1. The van der Waals surface area contributed by atoms with E-state index in [1.165, 1.54) is 0 Å². The molecule has 1 aromatic heterocycles. The molecule has 3 aromatic rings. The Bertz CT molecular complexity index is 969. The number of carbonyl (C=O) groups is 1. The van der Waals surface area contributed by atoms with Gasteiger partial charge in [0, 0.05) is 37.1 Å². The van der Waals surface area contributed by atoms with E-state index in [9.17, 15) is 9.90 Å². The maximum Gasteiger partial charge on any atom is 0.251 e. The van der Waals surface area contributed by atoms with Gasteiger partial charge < -0.3 is 14.9 Å². The van der Waals surface area contributed by atoms with Crippen LogP contribution in [0.3, 0.4) is 0 Å². The highest BCUT2D eigenvalue weighted by Crippen LogP contribution is 2.28. The molecule has 1 fully saturated rings. The topological polar surface area (TPSA) is 69.6 Å². The SMILES string of the molecule is CC[C@@H](O)C(=O)N1CCN(c2nc(-c3ccccc3)nc3ccccc23)CC1. The van der Waals surface area contributed by atoms with Gasteiger partial charge in [0.05, 0.1) is 5.52 Å². The molecule has 144 valence electrons. The van der Waals surface area contributed by atoms with Crippen LogP contribution in [0.15, 0.2) is 54.6 Å². The molecule has 6 heteroatoms. The molecule has 0 spiro atoms. The number of fused-ring (bicyclic) bond motifs is 1. The summed E-state index contributed by atoms with van der Waals surface area (Å²) in [6.07, 6.45) is -0.466. The van der Waals surface area contributed by atoms with Crippen molar-refractivity contribution in [2.45, 2.75) is 19.4 Å². The predicted octanol–water partition coefficient (Wildman–Crippen LogP) is 2.72. The first-order valence-corrected chi connectivity index (χ1v) is 9.71. The minimum atomic E-state index is -0.906. The van der Waals surface area contributed by atoms with E-state index in [0.717, 1.165) is 22.3 Å². The third-order valence-corrected chi connectivity index (χ3v) is 5.18. The van der Waals surface area contributed by atoms with Crippen molar-refractivity contribution in [2.75, 3.05) is 31.1 Å². The van der Waals surface area contributed by atoms with Crippen LogP contribution in [0.1, 0.15) is 13.3 Å². The summed E-state index contributed by atoms with van der Waals surface area (Å²) in [6.45, 7) is 4.33. The van der Waals surface area contributed by atoms with Crippen LogP contribution in [-0.2, 0) is 4.79 Å². The zero-order chi connectivity index (χ0) is 19.5. The summed E-state index contributed by atoms with van der Waals surface area (Å²) < 4.78 is 0. The molecule has 1 aliphatic rings. The Kier molecular flexibility index (Phi) is 5.21. The number of anilines is 1. The smallest absolute Gasteiger partial charge is 0.251 e. The number of aromatic nitrogens is 2. The van der Waals surface area contributed by atoms with E-state index < -0.39 is 6.10 Å². The standard InChI is InChI=1S/C22H24N4O2/c1-2-19(27)22(28)26-14-12-25(13-15-26)21-17-10-6-7-11-18(17)23-20(24-21)16-8-4-3-5-9-16/h3-11,19,27H,2,12-15H2,1H3/t19-/m1/s1. The van der Waals surface area contributed by atoms with Gasteiger partial charge in [0.15, 0.2) is 5.82 Å². The molecule has 0 saturated carbocycles. The number of piperazine rings is 1. The third kappa shape index (κ3) is 3.55. The first kappa shape index (κ1) is 18.4. The summed E-state index contributed by atoms with van der Waals surface area (Å²) in [4.78, 5) is 25.8. The average Bonchev–Trinajstić information content (AvgIpc) is 2.78. The number of benzene rings is 2. The molecule has 0 aliphatic carbocycles. The van der Waals surface area contributed by atoms with Gasteiger partial charge in [0.2, 0.25) is 0 Å². The number of para-hydroxylation sites is 1. The van der Waals surface area contributed by atoms with Gasteiger partial charge in [-0.2, -0.15) is 0 Å². The quantitative estimate of drug-likeness (QED) is 0.758. The molecule has 0 unspecified atom stereocenters. The highest BCUT2D eigenvalue weighted by Gasteiger charge is 2.26. The molecule has 2 aromatic carbocycles. The molecule has 4 rings (SSSR count). The second kappa shape index (κ2) is 7.94. The van der Waals surface area contributed by atoms with E-state index >= 15 is 0 Å². The number of carbonyl (C=O) groups excluding carboxylic acids is 1. The molecule has 0 bridgehead atoms. The Balaban J connectivity index is 1.64. The molecule has 1 aliphatic heterocycles. The largest absolute Gasteiger partial charge is 0.383 e. The van der Waals surface area contributed by atoms with E-state index in [2.05, 4.69) is 4.90 Å². The Morgan fingerprint density at radius 3 is 2.39 bits per heavy atom. The normalized spacial score (nSPS) is 15.6. The molecule has 1 atom stereocenters. The fourth-order valence-electron chi connectivity index (χ4n) is 3.54. The number of hydrogen-bond donors (Lipinski definition) is 1. The fraction of sp³-hybridized carbons (Fsp3) is 0.318. The molecular formula is C22H24N4O2. The zero-order valence-corrected chi connectivity index (χ0v) is 16.0. The highest BCUT2D eigenvalue weighted by atomic mass is 16.3. The van der Waals surface area contributed by atoms with Gasteiger partial charge in [-0.25, -0.2) is 9.97 Å². The van der Waals surface area contributed by atoms with Gasteiger partial charge in [-0.15, -0.1) is 0 Å². The lowest BCUT2D eigenvalue weighted by molar-refractivity contribution is -0.140. The van der Waals surface area contributed by atoms with Gasteiger partial charge >= 0.3 is 0 Å². The second-order valence-corrected chi connectivity index (χ2v) is 6.99. The van der Waals surface area contributed by atoms with Crippen LogP contribution >= 0.6 is 0 Å². The lowest BCUT2D eigenvalue weighted by atomic mass is 10.1. The highest BCUT2D eigenvalue weighted by molar-refractivity contribution is 5.91. The molecule has 1 N–H and O–H groups in total. The van der Waals surface area contributed by atoms with E-state index in [4.69, 9.17) is 9.97 Å². The summed E-state index contributed by atoms with van der Waals surface area (Å²) in [5.41, 5.74) is 1.89. The summed E-state index contributed by atoms with van der Waals surface area (Å²) in [5, 5.41) is 10.8. The predicted molar refractivity (Wildman–Crippen MR) is 110 cm³/mol. The molecule has 0 radical (unpaired) electrons. The van der Waals surface area contributed by atoms with E-state index in [-0.39, 0.29) is 5.91 Å². The molecule has 6 nitrogen and oxygen atoms in total. The molecular weight excluding hydrogens is 352 g/mol. The third-order valence-electron chi connectivity index (χ3n) is 5.18. The summed E-state index contributed by atoms with van der Waals surface area (Å²) in [7, 11) is 0. The Morgan fingerprint density at radius 1 is 1.00 bits per heavy atom. The first-order valence-electron chi connectivity index (χ1n) is 9.71. The second-order valence-electron chi connectivity index (χ2n) is 6.99. The average molecular weight is 376 g/mol. The first-order chi connectivity index (χ1) is 13.7. The van der Waals surface area contributed by atoms with E-state index in [1.807, 2.05) is 61.5 Å². The van der Waals surface area contributed by atoms with Gasteiger partial charge in [-0.1, -0.05) is 49.4 Å². The lowest BCUT2D eigenvalue weighted by Gasteiger charge is -2.36. The molecule has 2 heterocycles. The minimum Gasteiger partial charge on any atom is -0.383 e. The summed E-state index contributed by atoms with van der Waals surface area (Å²) >= 11 is 0. The Morgan fingerprint density at radius 2 is 1.68 bits per heavy atom. The molecule has 28 heavy (non-hydrogen) atoms. The zero-order valence-electron chi connectivity index (χ0n) is 16.0. The van der Waals surface area contributed by atoms with Crippen molar-refractivity contribution in [2.24, 2.45) is 0 Å². The van der Waals surface area contributed by atoms with Crippen molar-refractivity contribution in [1.82, 2.24) is 14.9 Å². The van der Waals surface area contributed by atoms with Crippen molar-refractivity contribution in [3.05, 3.63) is 54.6 Å². The summed E-state index contributed by atoms with van der Waals surface area (Å²) in [6, 6.07) is 18.0. The summed E-state index contributed by atoms with van der Waals surface area (Å²) in [5.74, 6) is 1.42. The van der Waals surface area contributed by atoms with Crippen molar-refractivity contribution in [1.29, 1.82) is 0 Å². The van der Waals surface area contributed by atoms with Gasteiger partial charge in [-0.3, -0.25) is 4.79 Å². The maximum atomic E-state index is 12.3. The van der Waals surface area contributed by atoms with Crippen LogP contribution in [-0.4, -0.2) is 58.2 Å².